The highest BCUT2D eigenvalue weighted by atomic mass is 16.7. The summed E-state index contributed by atoms with van der Waals surface area (Å²) in [5.41, 5.74) is 11.5. The molecule has 3 aromatic carbocycles. The van der Waals surface area contributed by atoms with Gasteiger partial charge in [0, 0.05) is 13.7 Å². The Balaban J connectivity index is 0.00000231. The molecule has 0 aromatic heterocycles. The quantitative estimate of drug-likeness (QED) is 0.645. The fourth-order valence-corrected chi connectivity index (χ4v) is 4.10. The topological polar surface area (TPSA) is 73.6 Å². The van der Waals surface area contributed by atoms with E-state index in [-0.39, 0.29) is 14.1 Å². The zero-order valence-electron chi connectivity index (χ0n) is 16.9. The number of anilines is 1. The highest BCUT2D eigenvalue weighted by Gasteiger charge is 2.51. The van der Waals surface area contributed by atoms with Crippen molar-refractivity contribution in [1.82, 2.24) is 0 Å². The number of fused-ring (bicyclic) bond motifs is 1. The molecule has 5 nitrogen and oxygen atoms in total. The maximum atomic E-state index is 13.1. The van der Waals surface area contributed by atoms with Crippen LogP contribution in [0.5, 0.6) is 11.5 Å². The standard InChI is InChI=1S/C25H24N2O3.H2/c1-16-12-20(7-8-21(16)18-4-2-17(14-26)3-5-18)27-24(28)25(10-11-25)19-6-9-22-23(13-19)30-15-29-22;/h2-9,12-13H,10-11,14-15,26H2,1H3,(H,27,28);1H. The third-order valence-electron chi connectivity index (χ3n) is 6.09. The second kappa shape index (κ2) is 7.18. The minimum atomic E-state index is -0.481. The van der Waals surface area contributed by atoms with Gasteiger partial charge in [0.1, 0.15) is 0 Å². The van der Waals surface area contributed by atoms with Crippen LogP contribution in [0.2, 0.25) is 0 Å². The van der Waals surface area contributed by atoms with E-state index in [0.717, 1.165) is 52.1 Å². The molecule has 0 radical (unpaired) electrons. The summed E-state index contributed by atoms with van der Waals surface area (Å²) in [6.45, 7) is 2.83. The van der Waals surface area contributed by atoms with Crippen LogP contribution < -0.4 is 20.5 Å². The van der Waals surface area contributed by atoms with Crippen LogP contribution in [0, 0.1) is 6.92 Å². The van der Waals surface area contributed by atoms with Crippen LogP contribution in [-0.2, 0) is 16.8 Å². The van der Waals surface area contributed by atoms with Gasteiger partial charge in [-0.15, -0.1) is 0 Å². The highest BCUT2D eigenvalue weighted by Crippen LogP contribution is 2.51. The summed E-state index contributed by atoms with van der Waals surface area (Å²) < 4.78 is 10.9. The summed E-state index contributed by atoms with van der Waals surface area (Å²) >= 11 is 0. The predicted octanol–water partition coefficient (Wildman–Crippen LogP) is 4.77. The van der Waals surface area contributed by atoms with E-state index >= 15 is 0 Å². The molecule has 1 aliphatic carbocycles. The van der Waals surface area contributed by atoms with Crippen LogP contribution >= 0.6 is 0 Å². The Kier molecular flexibility index (Phi) is 4.48. The highest BCUT2D eigenvalue weighted by molar-refractivity contribution is 6.01. The van der Waals surface area contributed by atoms with Crippen LogP contribution in [-0.4, -0.2) is 12.7 Å². The molecule has 1 amide bonds. The second-order valence-corrected chi connectivity index (χ2v) is 8.04. The molecule has 3 aromatic rings. The number of nitrogens with one attached hydrogen (secondary N) is 1. The minimum Gasteiger partial charge on any atom is -0.454 e. The van der Waals surface area contributed by atoms with Crippen LogP contribution in [0.3, 0.4) is 0 Å². The maximum Gasteiger partial charge on any atom is 0.235 e. The predicted molar refractivity (Wildman–Crippen MR) is 119 cm³/mol. The summed E-state index contributed by atoms with van der Waals surface area (Å²) in [6.07, 6.45) is 1.67. The molecule has 1 heterocycles. The van der Waals surface area contributed by atoms with Gasteiger partial charge in [0.25, 0.3) is 0 Å². The van der Waals surface area contributed by atoms with E-state index in [1.54, 1.807) is 0 Å². The smallest absolute Gasteiger partial charge is 0.235 e. The Labute approximate surface area is 177 Å². The van der Waals surface area contributed by atoms with E-state index in [1.165, 1.54) is 0 Å². The van der Waals surface area contributed by atoms with E-state index in [9.17, 15) is 4.79 Å². The zero-order chi connectivity index (χ0) is 20.7. The lowest BCUT2D eigenvalue weighted by atomic mass is 9.94. The number of amides is 1. The number of hydrogen-bond donors (Lipinski definition) is 2. The first-order valence-corrected chi connectivity index (χ1v) is 10.2. The van der Waals surface area contributed by atoms with E-state index in [0.29, 0.717) is 12.3 Å². The molecule has 0 saturated heterocycles. The van der Waals surface area contributed by atoms with Gasteiger partial charge in [-0.05, 0) is 71.8 Å². The Morgan fingerprint density at radius 1 is 1.03 bits per heavy atom. The van der Waals surface area contributed by atoms with Gasteiger partial charge in [0.2, 0.25) is 12.7 Å². The van der Waals surface area contributed by atoms with Gasteiger partial charge in [-0.3, -0.25) is 4.79 Å². The van der Waals surface area contributed by atoms with Crippen molar-refractivity contribution in [3.8, 4) is 22.6 Å². The first-order chi connectivity index (χ1) is 14.6. The first kappa shape index (κ1) is 18.7. The van der Waals surface area contributed by atoms with Crippen LogP contribution in [0.25, 0.3) is 11.1 Å². The van der Waals surface area contributed by atoms with Crippen molar-refractivity contribution in [3.05, 3.63) is 77.4 Å². The number of carbonyl (C=O) groups excluding carboxylic acids is 1. The second-order valence-electron chi connectivity index (χ2n) is 8.04. The van der Waals surface area contributed by atoms with Crippen molar-refractivity contribution in [2.45, 2.75) is 31.7 Å². The number of ether oxygens (including phenoxy) is 2. The molecular formula is C25H26N2O3. The average molecular weight is 402 g/mol. The number of carbonyl (C=O) groups is 1. The Hall–Kier alpha value is -3.31. The molecule has 154 valence electrons. The van der Waals surface area contributed by atoms with E-state index in [1.807, 2.05) is 42.5 Å². The fourth-order valence-electron chi connectivity index (χ4n) is 4.10. The lowest BCUT2D eigenvalue weighted by Crippen LogP contribution is -2.27. The molecule has 2 aliphatic rings. The summed E-state index contributed by atoms with van der Waals surface area (Å²) in [5.74, 6) is 1.48. The van der Waals surface area contributed by atoms with E-state index in [4.69, 9.17) is 15.2 Å². The number of benzene rings is 3. The van der Waals surface area contributed by atoms with Gasteiger partial charge in [0.05, 0.1) is 5.41 Å². The van der Waals surface area contributed by atoms with Gasteiger partial charge in [-0.2, -0.15) is 0 Å². The largest absolute Gasteiger partial charge is 0.454 e. The van der Waals surface area contributed by atoms with Gasteiger partial charge < -0.3 is 20.5 Å². The first-order valence-electron chi connectivity index (χ1n) is 10.2. The molecule has 1 saturated carbocycles. The third kappa shape index (κ3) is 3.21. The van der Waals surface area contributed by atoms with Crippen molar-refractivity contribution in [2.24, 2.45) is 5.73 Å². The molecule has 1 aliphatic heterocycles. The van der Waals surface area contributed by atoms with Crippen molar-refractivity contribution in [3.63, 3.8) is 0 Å². The summed E-state index contributed by atoms with van der Waals surface area (Å²) in [6, 6.07) is 20.1. The van der Waals surface area contributed by atoms with Crippen LogP contribution in [0.1, 0.15) is 31.0 Å². The lowest BCUT2D eigenvalue weighted by molar-refractivity contribution is -0.118. The molecule has 0 atom stereocenters. The molecule has 5 rings (SSSR count). The fraction of sp³-hybridized carbons (Fsp3) is 0.240. The molecular weight excluding hydrogens is 376 g/mol. The number of aryl methyl sites for hydroxylation is 1. The molecule has 0 unspecified atom stereocenters. The Morgan fingerprint density at radius 2 is 1.80 bits per heavy atom. The van der Waals surface area contributed by atoms with Gasteiger partial charge in [-0.25, -0.2) is 0 Å². The zero-order valence-corrected chi connectivity index (χ0v) is 16.9. The van der Waals surface area contributed by atoms with E-state index in [2.05, 4.69) is 30.4 Å². The number of hydrogen-bond acceptors (Lipinski definition) is 4. The molecule has 5 heteroatoms. The van der Waals surface area contributed by atoms with Gasteiger partial charge >= 0.3 is 0 Å². The molecule has 30 heavy (non-hydrogen) atoms. The average Bonchev–Trinajstić information content (AvgIpc) is 3.45. The summed E-state index contributed by atoms with van der Waals surface area (Å²) in [4.78, 5) is 13.1. The van der Waals surface area contributed by atoms with Crippen molar-refractivity contribution in [2.75, 3.05) is 12.1 Å². The summed E-state index contributed by atoms with van der Waals surface area (Å²) in [5, 5.41) is 3.12. The molecule has 3 N–H and O–H groups in total. The normalized spacial score (nSPS) is 15.7. The van der Waals surface area contributed by atoms with Crippen molar-refractivity contribution < 1.29 is 15.7 Å². The van der Waals surface area contributed by atoms with Crippen molar-refractivity contribution >= 4 is 11.6 Å². The molecule has 0 spiro atoms. The maximum absolute atomic E-state index is 13.1. The number of rotatable bonds is 5. The minimum absolute atomic E-state index is 0. The van der Waals surface area contributed by atoms with E-state index < -0.39 is 5.41 Å². The lowest BCUT2D eigenvalue weighted by Gasteiger charge is -2.17. The van der Waals surface area contributed by atoms with Crippen molar-refractivity contribution in [1.29, 1.82) is 0 Å². The molecule has 0 bridgehead atoms. The van der Waals surface area contributed by atoms with Crippen LogP contribution in [0.15, 0.2) is 60.7 Å². The molecule has 1 fully saturated rings. The summed E-state index contributed by atoms with van der Waals surface area (Å²) in [7, 11) is 0. The third-order valence-corrected chi connectivity index (χ3v) is 6.09. The Bertz CT molecular complexity index is 1120. The Morgan fingerprint density at radius 3 is 2.50 bits per heavy atom. The van der Waals surface area contributed by atoms with Gasteiger partial charge in [0.15, 0.2) is 11.5 Å². The number of nitrogens with two attached hydrogens (primary N) is 1. The van der Waals surface area contributed by atoms with Crippen LogP contribution in [0.4, 0.5) is 5.69 Å². The SMILES string of the molecule is Cc1cc(NC(=O)C2(c3ccc4c(c3)OCO4)CC2)ccc1-c1ccc(CN)cc1.[HH]. The van der Waals surface area contributed by atoms with Gasteiger partial charge in [-0.1, -0.05) is 36.4 Å². The monoisotopic (exact) mass is 402 g/mol.